The van der Waals surface area contributed by atoms with Crippen LogP contribution in [0.3, 0.4) is 0 Å². The topological polar surface area (TPSA) is 43.8 Å². The monoisotopic (exact) mass is 280 g/mol. The third-order valence-electron chi connectivity index (χ3n) is 5.65. The van der Waals surface area contributed by atoms with Gasteiger partial charge in [0.05, 0.1) is 6.10 Å². The molecule has 4 nitrogen and oxygen atoms in total. The van der Waals surface area contributed by atoms with E-state index in [0.29, 0.717) is 11.3 Å². The number of amides is 1. The fraction of sp³-hybridized carbons (Fsp3) is 0.938. The summed E-state index contributed by atoms with van der Waals surface area (Å²) < 4.78 is 0. The van der Waals surface area contributed by atoms with E-state index in [2.05, 4.69) is 16.8 Å². The first kappa shape index (κ1) is 14.3. The number of nitrogens with zero attached hydrogens (tertiary/aromatic N) is 2. The predicted molar refractivity (Wildman–Crippen MR) is 78.3 cm³/mol. The molecule has 2 saturated heterocycles. The maximum absolute atomic E-state index is 12.7. The van der Waals surface area contributed by atoms with E-state index in [4.69, 9.17) is 0 Å². The molecule has 1 spiro atoms. The number of aliphatic hydroxyl groups is 1. The second-order valence-electron chi connectivity index (χ2n) is 7.36. The van der Waals surface area contributed by atoms with Gasteiger partial charge in [-0.05, 0) is 58.5 Å². The summed E-state index contributed by atoms with van der Waals surface area (Å²) in [5.41, 5.74) is 0.372. The number of hydrogen-bond donors (Lipinski definition) is 1. The van der Waals surface area contributed by atoms with Crippen LogP contribution in [0.25, 0.3) is 0 Å². The van der Waals surface area contributed by atoms with Gasteiger partial charge in [-0.3, -0.25) is 4.79 Å². The van der Waals surface area contributed by atoms with Crippen LogP contribution in [0.15, 0.2) is 0 Å². The summed E-state index contributed by atoms with van der Waals surface area (Å²) in [5.74, 6) is 0.540. The summed E-state index contributed by atoms with van der Waals surface area (Å²) in [6, 6.07) is 0. The highest BCUT2D eigenvalue weighted by Crippen LogP contribution is 2.39. The maximum Gasteiger partial charge on any atom is 0.225 e. The Morgan fingerprint density at radius 2 is 1.85 bits per heavy atom. The van der Waals surface area contributed by atoms with Gasteiger partial charge in [0.2, 0.25) is 5.91 Å². The Bertz CT molecular complexity index is 361. The van der Waals surface area contributed by atoms with Crippen molar-refractivity contribution in [2.24, 2.45) is 11.3 Å². The average Bonchev–Trinajstić information content (AvgIpc) is 2.79. The molecule has 114 valence electrons. The van der Waals surface area contributed by atoms with Crippen molar-refractivity contribution in [2.75, 3.05) is 33.2 Å². The lowest BCUT2D eigenvalue weighted by molar-refractivity contribution is -0.140. The molecule has 1 aliphatic carbocycles. The molecule has 3 aliphatic rings. The van der Waals surface area contributed by atoms with Crippen molar-refractivity contribution in [1.29, 1.82) is 0 Å². The van der Waals surface area contributed by atoms with E-state index in [-0.39, 0.29) is 12.0 Å². The van der Waals surface area contributed by atoms with Crippen molar-refractivity contribution in [3.63, 3.8) is 0 Å². The second kappa shape index (κ2) is 5.64. The molecule has 0 aromatic rings. The number of piperidine rings is 1. The lowest BCUT2D eigenvalue weighted by Gasteiger charge is -2.42. The van der Waals surface area contributed by atoms with E-state index in [1.54, 1.807) is 0 Å². The van der Waals surface area contributed by atoms with Crippen LogP contribution in [-0.2, 0) is 4.79 Å². The largest absolute Gasteiger partial charge is 0.393 e. The van der Waals surface area contributed by atoms with Gasteiger partial charge in [-0.2, -0.15) is 0 Å². The molecule has 1 saturated carbocycles. The molecule has 20 heavy (non-hydrogen) atoms. The Hall–Kier alpha value is -0.610. The number of aliphatic hydroxyl groups excluding tert-OH is 1. The van der Waals surface area contributed by atoms with E-state index in [1.807, 2.05) is 0 Å². The summed E-state index contributed by atoms with van der Waals surface area (Å²) >= 11 is 0. The molecular formula is C16H28N2O2. The van der Waals surface area contributed by atoms with E-state index in [1.165, 1.54) is 19.4 Å². The number of carbonyl (C=O) groups excluding carboxylic acids is 1. The molecule has 2 heterocycles. The molecule has 1 amide bonds. The van der Waals surface area contributed by atoms with Crippen LogP contribution in [0, 0.1) is 11.3 Å². The third-order valence-corrected chi connectivity index (χ3v) is 5.65. The molecule has 0 aromatic heterocycles. The van der Waals surface area contributed by atoms with Gasteiger partial charge >= 0.3 is 0 Å². The van der Waals surface area contributed by atoms with Gasteiger partial charge in [-0.25, -0.2) is 0 Å². The molecule has 0 unspecified atom stereocenters. The van der Waals surface area contributed by atoms with Gasteiger partial charge in [0, 0.05) is 31.0 Å². The van der Waals surface area contributed by atoms with Gasteiger partial charge in [0.25, 0.3) is 0 Å². The standard InChI is InChI=1S/C16H28N2O2/c1-17-10-8-16(11-17)7-2-9-18(12-16)15(20)13-3-5-14(19)6-4-13/h13-14,19H,2-12H2,1H3/t13?,14?,16-/m0/s1. The minimum absolute atomic E-state index is 0.171. The fourth-order valence-corrected chi connectivity index (χ4v) is 4.47. The maximum atomic E-state index is 12.7. The van der Waals surface area contributed by atoms with Gasteiger partial charge in [0.1, 0.15) is 0 Å². The third kappa shape index (κ3) is 2.86. The first-order valence-corrected chi connectivity index (χ1v) is 8.23. The molecule has 1 N–H and O–H groups in total. The van der Waals surface area contributed by atoms with Crippen LogP contribution >= 0.6 is 0 Å². The summed E-state index contributed by atoms with van der Waals surface area (Å²) in [5, 5.41) is 9.59. The van der Waals surface area contributed by atoms with Crippen LogP contribution in [0.1, 0.15) is 44.9 Å². The highest BCUT2D eigenvalue weighted by atomic mass is 16.3. The van der Waals surface area contributed by atoms with E-state index in [0.717, 1.165) is 51.7 Å². The van der Waals surface area contributed by atoms with Crippen LogP contribution in [0.2, 0.25) is 0 Å². The second-order valence-corrected chi connectivity index (χ2v) is 7.36. The molecule has 2 aliphatic heterocycles. The number of hydrogen-bond acceptors (Lipinski definition) is 3. The molecule has 3 fully saturated rings. The molecule has 1 atom stereocenters. The van der Waals surface area contributed by atoms with Crippen molar-refractivity contribution in [2.45, 2.75) is 51.0 Å². The zero-order valence-electron chi connectivity index (χ0n) is 12.7. The van der Waals surface area contributed by atoms with E-state index < -0.39 is 0 Å². The highest BCUT2D eigenvalue weighted by molar-refractivity contribution is 5.79. The number of rotatable bonds is 1. The van der Waals surface area contributed by atoms with Crippen molar-refractivity contribution in [1.82, 2.24) is 9.80 Å². The van der Waals surface area contributed by atoms with E-state index >= 15 is 0 Å². The van der Waals surface area contributed by atoms with Gasteiger partial charge in [0.15, 0.2) is 0 Å². The minimum Gasteiger partial charge on any atom is -0.393 e. The smallest absolute Gasteiger partial charge is 0.225 e. The predicted octanol–water partition coefficient (Wildman–Crippen LogP) is 1.48. The van der Waals surface area contributed by atoms with Crippen molar-refractivity contribution >= 4 is 5.91 Å². The SMILES string of the molecule is CN1CC[C@@]2(CCCN(C(=O)C3CCC(O)CC3)C2)C1. The van der Waals surface area contributed by atoms with Gasteiger partial charge < -0.3 is 14.9 Å². The van der Waals surface area contributed by atoms with Crippen LogP contribution < -0.4 is 0 Å². The van der Waals surface area contributed by atoms with Crippen molar-refractivity contribution in [3.05, 3.63) is 0 Å². The van der Waals surface area contributed by atoms with E-state index in [9.17, 15) is 9.90 Å². The van der Waals surface area contributed by atoms with Gasteiger partial charge in [-0.1, -0.05) is 0 Å². The first-order valence-electron chi connectivity index (χ1n) is 8.23. The summed E-state index contributed by atoms with van der Waals surface area (Å²) in [6.45, 7) is 4.25. The van der Waals surface area contributed by atoms with Crippen LogP contribution in [-0.4, -0.2) is 60.1 Å². The normalized spacial score (nSPS) is 39.4. The Balaban J connectivity index is 1.60. The molecule has 3 rings (SSSR count). The first-order chi connectivity index (χ1) is 9.58. The van der Waals surface area contributed by atoms with Crippen LogP contribution in [0.5, 0.6) is 0 Å². The molecule has 0 radical (unpaired) electrons. The number of likely N-dealkylation sites (tertiary alicyclic amines) is 2. The summed E-state index contributed by atoms with van der Waals surface area (Å²) in [7, 11) is 2.19. The molecule has 4 heteroatoms. The summed E-state index contributed by atoms with van der Waals surface area (Å²) in [6.07, 6.45) is 6.88. The fourth-order valence-electron chi connectivity index (χ4n) is 4.47. The van der Waals surface area contributed by atoms with Crippen molar-refractivity contribution < 1.29 is 9.90 Å². The lowest BCUT2D eigenvalue weighted by Crippen LogP contribution is -2.49. The molecule has 0 aromatic carbocycles. The zero-order chi connectivity index (χ0) is 14.2. The molecule has 0 bridgehead atoms. The van der Waals surface area contributed by atoms with Gasteiger partial charge in [-0.15, -0.1) is 0 Å². The highest BCUT2D eigenvalue weighted by Gasteiger charge is 2.42. The zero-order valence-corrected chi connectivity index (χ0v) is 12.7. The Kier molecular flexibility index (Phi) is 4.04. The Labute approximate surface area is 122 Å². The average molecular weight is 280 g/mol. The quantitative estimate of drug-likeness (QED) is 0.791. The minimum atomic E-state index is -0.171. The Morgan fingerprint density at radius 1 is 1.10 bits per heavy atom. The van der Waals surface area contributed by atoms with Crippen molar-refractivity contribution in [3.8, 4) is 0 Å². The Morgan fingerprint density at radius 3 is 2.50 bits per heavy atom. The lowest BCUT2D eigenvalue weighted by atomic mass is 9.78. The number of carbonyl (C=O) groups is 1. The van der Waals surface area contributed by atoms with Crippen LogP contribution in [0.4, 0.5) is 0 Å². The molecular weight excluding hydrogens is 252 g/mol. The summed E-state index contributed by atoms with van der Waals surface area (Å²) in [4.78, 5) is 17.3.